The Kier molecular flexibility index (Phi) is 18.4. The van der Waals surface area contributed by atoms with Gasteiger partial charge in [0.15, 0.2) is 17.9 Å². The first-order chi connectivity index (χ1) is 19.6. The summed E-state index contributed by atoms with van der Waals surface area (Å²) in [5.41, 5.74) is 37.8. The highest BCUT2D eigenvalue weighted by molar-refractivity contribution is 5.94. The lowest BCUT2D eigenvalue weighted by molar-refractivity contribution is -0.142. The van der Waals surface area contributed by atoms with Gasteiger partial charge in [-0.15, -0.1) is 0 Å². The van der Waals surface area contributed by atoms with Crippen LogP contribution >= 0.6 is 0 Å². The minimum Gasteiger partial charge on any atom is -0.480 e. The van der Waals surface area contributed by atoms with E-state index in [-0.39, 0.29) is 69.1 Å². The molecule has 4 unspecified atom stereocenters. The number of nitrogens with zero attached hydrogens (tertiary/aromatic N) is 3. The molecule has 0 saturated heterocycles. The fourth-order valence-electron chi connectivity index (χ4n) is 3.71. The number of carboxylic acids is 1. The molecular weight excluding hydrogens is 550 g/mol. The highest BCUT2D eigenvalue weighted by atomic mass is 16.4. The summed E-state index contributed by atoms with van der Waals surface area (Å²) in [6.45, 7) is 4.34. The predicted octanol–water partition coefficient (Wildman–Crippen LogP) is -3.94. The summed E-state index contributed by atoms with van der Waals surface area (Å²) < 4.78 is 0. The van der Waals surface area contributed by atoms with Crippen molar-refractivity contribution < 1.29 is 24.3 Å². The fraction of sp³-hybridized carbons (Fsp3) is 0.708. The molecule has 0 heterocycles. The number of carboxylic acid groups (broad SMARTS) is 1. The average molecular weight is 600 g/mol. The smallest absolute Gasteiger partial charge is 0.326 e. The maximum atomic E-state index is 13.3. The second-order valence-corrected chi connectivity index (χ2v) is 10.1. The molecule has 42 heavy (non-hydrogen) atoms. The second kappa shape index (κ2) is 20.5. The van der Waals surface area contributed by atoms with Crippen molar-refractivity contribution in [3.05, 3.63) is 0 Å². The Labute approximate surface area is 245 Å². The van der Waals surface area contributed by atoms with Crippen LogP contribution < -0.4 is 56.1 Å². The molecule has 18 N–H and O–H groups in total. The first-order valence-electron chi connectivity index (χ1n) is 13.7. The number of nitrogens with one attached hydrogen (secondary N) is 3. The lowest BCUT2D eigenvalue weighted by Gasteiger charge is -2.26. The number of carbonyl (C=O) groups excluding carboxylic acids is 3. The summed E-state index contributed by atoms with van der Waals surface area (Å²) in [5.74, 6) is -3.54. The van der Waals surface area contributed by atoms with E-state index >= 15 is 0 Å². The molecule has 0 aromatic rings. The van der Waals surface area contributed by atoms with Gasteiger partial charge in [0.05, 0.1) is 6.04 Å². The van der Waals surface area contributed by atoms with Crippen molar-refractivity contribution in [1.29, 1.82) is 0 Å². The first-order valence-corrected chi connectivity index (χ1v) is 13.7. The topological polar surface area (TPSA) is 344 Å². The minimum atomic E-state index is -1.25. The van der Waals surface area contributed by atoms with Gasteiger partial charge in [0, 0.05) is 19.6 Å². The molecule has 4 atom stereocenters. The normalized spacial score (nSPS) is 13.5. The van der Waals surface area contributed by atoms with Gasteiger partial charge in [-0.05, 0) is 50.9 Å². The molecule has 0 bridgehead atoms. The summed E-state index contributed by atoms with van der Waals surface area (Å²) in [6, 6.07) is -4.34. The number of aliphatic imine (C=N–C) groups is 3. The van der Waals surface area contributed by atoms with Gasteiger partial charge in [0.1, 0.15) is 18.1 Å². The van der Waals surface area contributed by atoms with Gasteiger partial charge in [0.2, 0.25) is 17.7 Å². The monoisotopic (exact) mass is 599 g/mol. The van der Waals surface area contributed by atoms with Crippen molar-refractivity contribution >= 4 is 41.6 Å². The number of nitrogens with two attached hydrogens (primary N) is 7. The Bertz CT molecular complexity index is 958. The van der Waals surface area contributed by atoms with Crippen LogP contribution in [0.15, 0.2) is 15.0 Å². The van der Waals surface area contributed by atoms with Crippen LogP contribution in [0, 0.1) is 5.92 Å². The van der Waals surface area contributed by atoms with E-state index in [9.17, 15) is 24.3 Å². The van der Waals surface area contributed by atoms with E-state index < -0.39 is 47.9 Å². The number of aliphatic carboxylic acids is 1. The molecule has 3 amide bonds. The third kappa shape index (κ3) is 18.1. The zero-order valence-electron chi connectivity index (χ0n) is 24.4. The van der Waals surface area contributed by atoms with Crippen LogP contribution in [0.5, 0.6) is 0 Å². The maximum absolute atomic E-state index is 13.3. The highest BCUT2D eigenvalue weighted by Gasteiger charge is 2.30. The zero-order chi connectivity index (χ0) is 32.2. The Hall–Kier alpha value is -4.35. The maximum Gasteiger partial charge on any atom is 0.326 e. The summed E-state index contributed by atoms with van der Waals surface area (Å²) >= 11 is 0. The minimum absolute atomic E-state index is 0.0419. The van der Waals surface area contributed by atoms with Gasteiger partial charge in [-0.1, -0.05) is 13.8 Å². The molecule has 0 radical (unpaired) electrons. The average Bonchev–Trinajstić information content (AvgIpc) is 2.88. The molecule has 0 aliphatic carbocycles. The highest BCUT2D eigenvalue weighted by Crippen LogP contribution is 2.09. The van der Waals surface area contributed by atoms with Crippen LogP contribution in [0.25, 0.3) is 0 Å². The standard InChI is InChI=1S/C24H49N13O5/c1-13(2)12-17(20(40)36-16(21(41)42)8-5-11-34-24(30)31)37-19(39)15(7-4-10-33-23(28)29)35-18(38)14(25)6-3-9-32-22(26)27/h13-17H,3-12,25H2,1-2H3,(H,35,38)(H,36,40)(H,37,39)(H,41,42)(H4,26,27,32)(H4,28,29,33)(H4,30,31,34). The lowest BCUT2D eigenvalue weighted by atomic mass is 10.0. The van der Waals surface area contributed by atoms with Crippen LogP contribution in [0.4, 0.5) is 0 Å². The van der Waals surface area contributed by atoms with Crippen molar-refractivity contribution in [2.24, 2.45) is 61.0 Å². The van der Waals surface area contributed by atoms with Crippen molar-refractivity contribution in [2.75, 3.05) is 19.6 Å². The molecule has 18 heteroatoms. The Morgan fingerprint density at radius 3 is 1.43 bits per heavy atom. The third-order valence-corrected chi connectivity index (χ3v) is 5.78. The number of hydrogen-bond donors (Lipinski definition) is 11. The first kappa shape index (κ1) is 37.6. The largest absolute Gasteiger partial charge is 0.480 e. The van der Waals surface area contributed by atoms with Crippen LogP contribution in [0.2, 0.25) is 0 Å². The molecule has 0 aromatic carbocycles. The van der Waals surface area contributed by atoms with E-state index in [0.717, 1.165) is 0 Å². The number of amides is 3. The molecule has 0 aliphatic heterocycles. The SMILES string of the molecule is CC(C)CC(NC(=O)C(CCCN=C(N)N)NC(=O)C(N)CCCN=C(N)N)C(=O)NC(CCCN=C(N)N)C(=O)O. The molecule has 0 rings (SSSR count). The van der Waals surface area contributed by atoms with Crippen molar-refractivity contribution in [1.82, 2.24) is 16.0 Å². The molecule has 0 fully saturated rings. The summed E-state index contributed by atoms with van der Waals surface area (Å²) in [5, 5.41) is 17.3. The van der Waals surface area contributed by atoms with E-state index in [1.165, 1.54) is 0 Å². The molecular formula is C24H49N13O5. The quantitative estimate of drug-likeness (QED) is 0.0342. The molecule has 0 saturated carbocycles. The number of carbonyl (C=O) groups is 4. The Balaban J connectivity index is 5.59. The number of rotatable bonds is 21. The van der Waals surface area contributed by atoms with Crippen LogP contribution in [-0.2, 0) is 19.2 Å². The van der Waals surface area contributed by atoms with Crippen molar-refractivity contribution in [3.63, 3.8) is 0 Å². The van der Waals surface area contributed by atoms with Crippen LogP contribution in [-0.4, -0.2) is 90.5 Å². The summed E-state index contributed by atoms with van der Waals surface area (Å²) in [4.78, 5) is 62.5. The van der Waals surface area contributed by atoms with E-state index in [1.54, 1.807) is 0 Å². The Morgan fingerprint density at radius 2 is 1.00 bits per heavy atom. The molecule has 0 aromatic heterocycles. The number of guanidine groups is 3. The zero-order valence-corrected chi connectivity index (χ0v) is 24.4. The second-order valence-electron chi connectivity index (χ2n) is 10.1. The van der Waals surface area contributed by atoms with Gasteiger partial charge in [-0.3, -0.25) is 29.4 Å². The van der Waals surface area contributed by atoms with Gasteiger partial charge in [0.25, 0.3) is 0 Å². The van der Waals surface area contributed by atoms with E-state index in [1.807, 2.05) is 13.8 Å². The third-order valence-electron chi connectivity index (χ3n) is 5.78. The summed E-state index contributed by atoms with van der Waals surface area (Å²) in [6.07, 6.45) is 1.71. The summed E-state index contributed by atoms with van der Waals surface area (Å²) in [7, 11) is 0. The number of hydrogen-bond acceptors (Lipinski definition) is 8. The van der Waals surface area contributed by atoms with Crippen LogP contribution in [0.3, 0.4) is 0 Å². The van der Waals surface area contributed by atoms with Gasteiger partial charge < -0.3 is 61.2 Å². The molecule has 18 nitrogen and oxygen atoms in total. The van der Waals surface area contributed by atoms with Crippen molar-refractivity contribution in [3.8, 4) is 0 Å². The van der Waals surface area contributed by atoms with Gasteiger partial charge in [-0.25, -0.2) is 4.79 Å². The van der Waals surface area contributed by atoms with Gasteiger partial charge in [-0.2, -0.15) is 0 Å². The molecule has 0 spiro atoms. The molecule has 240 valence electrons. The van der Waals surface area contributed by atoms with Crippen molar-refractivity contribution in [2.45, 2.75) is 83.0 Å². The predicted molar refractivity (Wildman–Crippen MR) is 161 cm³/mol. The van der Waals surface area contributed by atoms with E-state index in [0.29, 0.717) is 19.3 Å². The van der Waals surface area contributed by atoms with Gasteiger partial charge >= 0.3 is 5.97 Å². The lowest BCUT2D eigenvalue weighted by Crippen LogP contribution is -2.57. The van der Waals surface area contributed by atoms with E-state index in [4.69, 9.17) is 40.1 Å². The van der Waals surface area contributed by atoms with Crippen LogP contribution in [0.1, 0.15) is 58.8 Å². The Morgan fingerprint density at radius 1 is 0.619 bits per heavy atom. The van der Waals surface area contributed by atoms with E-state index in [2.05, 4.69) is 30.9 Å². The molecule has 0 aliphatic rings. The fourth-order valence-corrected chi connectivity index (χ4v) is 3.71.